The third-order valence-corrected chi connectivity index (χ3v) is 4.48. The molecule has 0 aromatic heterocycles. The first kappa shape index (κ1) is 18.3. The molecule has 0 spiro atoms. The Morgan fingerprint density at radius 3 is 2.21 bits per heavy atom. The van der Waals surface area contributed by atoms with Crippen LogP contribution in [0.3, 0.4) is 0 Å². The van der Waals surface area contributed by atoms with Crippen molar-refractivity contribution in [2.24, 2.45) is 0 Å². The fraction of sp³-hybridized carbons (Fsp3) is 0.409. The Morgan fingerprint density at radius 2 is 1.62 bits per heavy atom. The normalized spacial score (nSPS) is 11.1. The maximum Gasteiger partial charge on any atom is 0.224 e. The van der Waals surface area contributed by atoms with Crippen LogP contribution in [0.5, 0.6) is 0 Å². The largest absolute Gasteiger partial charge is 0.326 e. The van der Waals surface area contributed by atoms with Gasteiger partial charge in [-0.2, -0.15) is 0 Å². The van der Waals surface area contributed by atoms with Crippen LogP contribution in [0.4, 0.5) is 5.69 Å². The molecule has 0 radical (unpaired) electrons. The molecule has 0 heterocycles. The van der Waals surface area contributed by atoms with Gasteiger partial charge in [0.05, 0.1) is 0 Å². The molecule has 0 fully saturated rings. The van der Waals surface area contributed by atoms with Gasteiger partial charge in [-0.25, -0.2) is 0 Å². The predicted octanol–water partition coefficient (Wildman–Crippen LogP) is 5.81. The third-order valence-electron chi connectivity index (χ3n) is 4.48. The standard InChI is InChI=1S/C22H29NO/c1-15(2)19-12-9-18(10-13-19)11-14-21(24)23-22-17(5)7-6-8-20(22)16(3)4/h6-10,12-13,15-16H,11,14H2,1-5H3,(H,23,24). The molecule has 0 atom stereocenters. The Morgan fingerprint density at radius 1 is 0.958 bits per heavy atom. The van der Waals surface area contributed by atoms with Gasteiger partial charge in [0.1, 0.15) is 0 Å². The van der Waals surface area contributed by atoms with Gasteiger partial charge in [-0.3, -0.25) is 4.79 Å². The van der Waals surface area contributed by atoms with Crippen molar-refractivity contribution in [2.75, 3.05) is 5.32 Å². The first-order valence-corrected chi connectivity index (χ1v) is 8.86. The average molecular weight is 323 g/mol. The molecule has 0 aliphatic carbocycles. The Balaban J connectivity index is 1.99. The number of aryl methyl sites for hydroxylation is 2. The summed E-state index contributed by atoms with van der Waals surface area (Å²) in [5, 5.41) is 3.12. The molecule has 2 rings (SSSR count). The van der Waals surface area contributed by atoms with Crippen LogP contribution in [-0.2, 0) is 11.2 Å². The molecule has 2 nitrogen and oxygen atoms in total. The van der Waals surface area contributed by atoms with Crippen molar-refractivity contribution in [3.8, 4) is 0 Å². The van der Waals surface area contributed by atoms with Crippen LogP contribution in [0.15, 0.2) is 42.5 Å². The van der Waals surface area contributed by atoms with Crippen molar-refractivity contribution in [3.63, 3.8) is 0 Å². The van der Waals surface area contributed by atoms with Crippen LogP contribution >= 0.6 is 0 Å². The number of hydrogen-bond donors (Lipinski definition) is 1. The SMILES string of the molecule is Cc1cccc(C(C)C)c1NC(=O)CCc1ccc(C(C)C)cc1. The van der Waals surface area contributed by atoms with Gasteiger partial charge < -0.3 is 5.32 Å². The number of carbonyl (C=O) groups excluding carboxylic acids is 1. The van der Waals surface area contributed by atoms with Gasteiger partial charge >= 0.3 is 0 Å². The molecule has 0 aliphatic rings. The zero-order chi connectivity index (χ0) is 17.7. The molecular formula is C22H29NO. The molecule has 0 aliphatic heterocycles. The van der Waals surface area contributed by atoms with E-state index in [1.54, 1.807) is 0 Å². The predicted molar refractivity (Wildman–Crippen MR) is 103 cm³/mol. The second kappa shape index (κ2) is 8.14. The highest BCUT2D eigenvalue weighted by atomic mass is 16.1. The third kappa shape index (κ3) is 4.70. The highest BCUT2D eigenvalue weighted by molar-refractivity contribution is 5.92. The molecule has 0 unspecified atom stereocenters. The van der Waals surface area contributed by atoms with Gasteiger partial charge in [-0.05, 0) is 47.4 Å². The molecule has 0 saturated heterocycles. The Labute approximate surface area is 146 Å². The minimum atomic E-state index is 0.0825. The molecule has 1 amide bonds. The summed E-state index contributed by atoms with van der Waals surface area (Å²) in [6.45, 7) is 10.7. The second-order valence-electron chi connectivity index (χ2n) is 7.14. The number of anilines is 1. The van der Waals surface area contributed by atoms with E-state index in [1.807, 2.05) is 13.0 Å². The lowest BCUT2D eigenvalue weighted by atomic mass is 9.98. The maximum absolute atomic E-state index is 12.4. The van der Waals surface area contributed by atoms with Crippen LogP contribution in [0.2, 0.25) is 0 Å². The van der Waals surface area contributed by atoms with Gasteiger partial charge in [0.15, 0.2) is 0 Å². The lowest BCUT2D eigenvalue weighted by Crippen LogP contribution is -2.15. The van der Waals surface area contributed by atoms with E-state index in [0.29, 0.717) is 18.3 Å². The van der Waals surface area contributed by atoms with Crippen LogP contribution in [0, 0.1) is 6.92 Å². The molecule has 0 bridgehead atoms. The smallest absolute Gasteiger partial charge is 0.224 e. The molecule has 24 heavy (non-hydrogen) atoms. The lowest BCUT2D eigenvalue weighted by molar-refractivity contribution is -0.116. The van der Waals surface area contributed by atoms with E-state index >= 15 is 0 Å². The number of rotatable bonds is 6. The minimum absolute atomic E-state index is 0.0825. The van der Waals surface area contributed by atoms with E-state index in [9.17, 15) is 4.79 Å². The maximum atomic E-state index is 12.4. The van der Waals surface area contributed by atoms with Gasteiger partial charge in [0.25, 0.3) is 0 Å². The van der Waals surface area contributed by atoms with E-state index in [4.69, 9.17) is 0 Å². The molecule has 2 aromatic carbocycles. The van der Waals surface area contributed by atoms with Crippen LogP contribution in [0.1, 0.15) is 68.2 Å². The van der Waals surface area contributed by atoms with E-state index in [2.05, 4.69) is 69.4 Å². The number of amides is 1. The zero-order valence-electron chi connectivity index (χ0n) is 15.5. The Kier molecular flexibility index (Phi) is 6.19. The number of carbonyl (C=O) groups is 1. The summed E-state index contributed by atoms with van der Waals surface area (Å²) in [7, 11) is 0. The highest BCUT2D eigenvalue weighted by Gasteiger charge is 2.12. The molecular weight excluding hydrogens is 294 g/mol. The fourth-order valence-electron chi connectivity index (χ4n) is 2.87. The average Bonchev–Trinajstić information content (AvgIpc) is 2.55. The summed E-state index contributed by atoms with van der Waals surface area (Å²) < 4.78 is 0. The van der Waals surface area contributed by atoms with Gasteiger partial charge in [-0.1, -0.05) is 70.2 Å². The molecule has 0 saturated carbocycles. The lowest BCUT2D eigenvalue weighted by Gasteiger charge is -2.16. The fourth-order valence-corrected chi connectivity index (χ4v) is 2.87. The van der Waals surface area contributed by atoms with Crippen LogP contribution in [-0.4, -0.2) is 5.91 Å². The molecule has 1 N–H and O–H groups in total. The van der Waals surface area contributed by atoms with Gasteiger partial charge in [-0.15, -0.1) is 0 Å². The molecule has 2 heteroatoms. The van der Waals surface area contributed by atoms with Crippen molar-refractivity contribution in [2.45, 2.75) is 59.3 Å². The van der Waals surface area contributed by atoms with Crippen molar-refractivity contribution in [1.29, 1.82) is 0 Å². The van der Waals surface area contributed by atoms with Crippen molar-refractivity contribution < 1.29 is 4.79 Å². The number of benzene rings is 2. The highest BCUT2D eigenvalue weighted by Crippen LogP contribution is 2.27. The zero-order valence-corrected chi connectivity index (χ0v) is 15.5. The summed E-state index contributed by atoms with van der Waals surface area (Å²) in [5.41, 5.74) is 5.85. The van der Waals surface area contributed by atoms with E-state index < -0.39 is 0 Å². The second-order valence-corrected chi connectivity index (χ2v) is 7.14. The summed E-state index contributed by atoms with van der Waals surface area (Å²) in [5.74, 6) is 1.01. The summed E-state index contributed by atoms with van der Waals surface area (Å²) in [6, 6.07) is 14.8. The van der Waals surface area contributed by atoms with Crippen molar-refractivity contribution >= 4 is 11.6 Å². The summed E-state index contributed by atoms with van der Waals surface area (Å²) in [4.78, 5) is 12.4. The number of hydrogen-bond acceptors (Lipinski definition) is 1. The Hall–Kier alpha value is -2.09. The van der Waals surface area contributed by atoms with Gasteiger partial charge in [0, 0.05) is 12.1 Å². The minimum Gasteiger partial charge on any atom is -0.326 e. The van der Waals surface area contributed by atoms with Crippen molar-refractivity contribution in [3.05, 3.63) is 64.7 Å². The first-order valence-electron chi connectivity index (χ1n) is 8.86. The van der Waals surface area contributed by atoms with E-state index in [-0.39, 0.29) is 5.91 Å². The van der Waals surface area contributed by atoms with Gasteiger partial charge in [0.2, 0.25) is 5.91 Å². The molecule has 128 valence electrons. The van der Waals surface area contributed by atoms with E-state index in [1.165, 1.54) is 16.7 Å². The monoisotopic (exact) mass is 323 g/mol. The first-order chi connectivity index (χ1) is 11.4. The van der Waals surface area contributed by atoms with Crippen LogP contribution in [0.25, 0.3) is 0 Å². The Bertz CT molecular complexity index is 684. The van der Waals surface area contributed by atoms with E-state index in [0.717, 1.165) is 17.7 Å². The summed E-state index contributed by atoms with van der Waals surface area (Å²) in [6.07, 6.45) is 1.28. The number of para-hydroxylation sites is 1. The van der Waals surface area contributed by atoms with Crippen LogP contribution < -0.4 is 5.32 Å². The van der Waals surface area contributed by atoms with Crippen molar-refractivity contribution in [1.82, 2.24) is 0 Å². The number of nitrogens with one attached hydrogen (secondary N) is 1. The quantitative estimate of drug-likeness (QED) is 0.713. The molecule has 2 aromatic rings. The summed E-state index contributed by atoms with van der Waals surface area (Å²) >= 11 is 0. The topological polar surface area (TPSA) is 29.1 Å².